The van der Waals surface area contributed by atoms with Crippen LogP contribution in [0.4, 0.5) is 0 Å². The van der Waals surface area contributed by atoms with Gasteiger partial charge in [0.15, 0.2) is 5.96 Å². The van der Waals surface area contributed by atoms with Gasteiger partial charge in [0.2, 0.25) is 0 Å². The first-order valence-electron chi connectivity index (χ1n) is 8.00. The average molecular weight is 288 g/mol. The molecule has 4 nitrogen and oxygen atoms in total. The van der Waals surface area contributed by atoms with Crippen LogP contribution in [0.15, 0.2) is 35.3 Å². The molecular formula is C17H28N4. The first-order valence-corrected chi connectivity index (χ1v) is 8.00. The summed E-state index contributed by atoms with van der Waals surface area (Å²) in [6, 6.07) is 11.4. The van der Waals surface area contributed by atoms with Gasteiger partial charge in [-0.1, -0.05) is 37.3 Å². The molecule has 0 spiro atoms. The van der Waals surface area contributed by atoms with Gasteiger partial charge in [-0.2, -0.15) is 0 Å². The number of benzene rings is 1. The van der Waals surface area contributed by atoms with Crippen LogP contribution >= 0.6 is 0 Å². The third-order valence-electron chi connectivity index (χ3n) is 4.29. The van der Waals surface area contributed by atoms with Gasteiger partial charge in [-0.3, -0.25) is 9.89 Å². The molecular weight excluding hydrogens is 260 g/mol. The Bertz CT molecular complexity index is 443. The van der Waals surface area contributed by atoms with Crippen molar-refractivity contribution in [2.45, 2.75) is 38.8 Å². The fraction of sp³-hybridized carbons (Fsp3) is 0.588. The Balaban J connectivity index is 1.83. The molecule has 0 bridgehead atoms. The number of likely N-dealkylation sites (tertiary alicyclic amines) is 1. The molecule has 2 unspecified atom stereocenters. The Hall–Kier alpha value is -1.55. The monoisotopic (exact) mass is 288 g/mol. The van der Waals surface area contributed by atoms with Crippen LogP contribution in [0.1, 0.15) is 38.3 Å². The lowest BCUT2D eigenvalue weighted by atomic mass is 10.1. The minimum atomic E-state index is 0.253. The standard InChI is InChI=1S/C17H28N4/c1-4-21-12-8-11-16(21)13-19-17(18-3)20-14(2)15-9-6-5-7-10-15/h5-7,9-10,14,16H,4,8,11-13H2,1-3H3,(H2,18,19,20). The van der Waals surface area contributed by atoms with E-state index in [2.05, 4.69) is 58.6 Å². The third-order valence-corrected chi connectivity index (χ3v) is 4.29. The van der Waals surface area contributed by atoms with E-state index in [0.29, 0.717) is 6.04 Å². The lowest BCUT2D eigenvalue weighted by Gasteiger charge is -2.25. The summed E-state index contributed by atoms with van der Waals surface area (Å²) in [5.74, 6) is 0.884. The zero-order chi connectivity index (χ0) is 15.1. The number of rotatable bonds is 5. The molecule has 1 aromatic carbocycles. The van der Waals surface area contributed by atoms with E-state index in [1.54, 1.807) is 0 Å². The van der Waals surface area contributed by atoms with Crippen LogP contribution in [0.2, 0.25) is 0 Å². The number of nitrogens with zero attached hydrogens (tertiary/aromatic N) is 2. The molecule has 1 aromatic rings. The van der Waals surface area contributed by atoms with E-state index >= 15 is 0 Å². The molecule has 0 amide bonds. The summed E-state index contributed by atoms with van der Waals surface area (Å²) in [7, 11) is 1.83. The van der Waals surface area contributed by atoms with Crippen molar-refractivity contribution in [2.24, 2.45) is 4.99 Å². The number of likely N-dealkylation sites (N-methyl/N-ethyl adjacent to an activating group) is 1. The van der Waals surface area contributed by atoms with E-state index < -0.39 is 0 Å². The molecule has 0 aliphatic carbocycles. The predicted octanol–water partition coefficient (Wildman–Crippen LogP) is 2.40. The second-order valence-electron chi connectivity index (χ2n) is 5.65. The van der Waals surface area contributed by atoms with E-state index in [1.165, 1.54) is 24.9 Å². The van der Waals surface area contributed by atoms with Gasteiger partial charge in [-0.25, -0.2) is 0 Å². The van der Waals surface area contributed by atoms with Crippen molar-refractivity contribution in [3.63, 3.8) is 0 Å². The third kappa shape index (κ3) is 4.46. The largest absolute Gasteiger partial charge is 0.355 e. The summed E-state index contributed by atoms with van der Waals surface area (Å²) in [4.78, 5) is 6.88. The van der Waals surface area contributed by atoms with Crippen LogP contribution in [-0.4, -0.2) is 43.6 Å². The quantitative estimate of drug-likeness (QED) is 0.645. The van der Waals surface area contributed by atoms with Crippen LogP contribution in [-0.2, 0) is 0 Å². The lowest BCUT2D eigenvalue weighted by Crippen LogP contribution is -2.45. The maximum Gasteiger partial charge on any atom is 0.191 e. The Morgan fingerprint density at radius 2 is 2.14 bits per heavy atom. The smallest absolute Gasteiger partial charge is 0.191 e. The van der Waals surface area contributed by atoms with E-state index in [1.807, 2.05) is 13.1 Å². The van der Waals surface area contributed by atoms with Crippen molar-refractivity contribution in [2.75, 3.05) is 26.7 Å². The predicted molar refractivity (Wildman–Crippen MR) is 89.6 cm³/mol. The zero-order valence-electron chi connectivity index (χ0n) is 13.5. The van der Waals surface area contributed by atoms with E-state index in [0.717, 1.165) is 19.0 Å². The van der Waals surface area contributed by atoms with E-state index in [-0.39, 0.29) is 6.04 Å². The molecule has 1 aliphatic rings. The van der Waals surface area contributed by atoms with Crippen LogP contribution in [0, 0.1) is 0 Å². The molecule has 2 N–H and O–H groups in total. The van der Waals surface area contributed by atoms with Gasteiger partial charge >= 0.3 is 0 Å². The van der Waals surface area contributed by atoms with Crippen molar-refractivity contribution in [3.8, 4) is 0 Å². The Morgan fingerprint density at radius 1 is 1.38 bits per heavy atom. The van der Waals surface area contributed by atoms with Crippen LogP contribution < -0.4 is 10.6 Å². The molecule has 4 heteroatoms. The highest BCUT2D eigenvalue weighted by Crippen LogP contribution is 2.15. The minimum absolute atomic E-state index is 0.253. The van der Waals surface area contributed by atoms with Crippen molar-refractivity contribution in [1.82, 2.24) is 15.5 Å². The topological polar surface area (TPSA) is 39.7 Å². The van der Waals surface area contributed by atoms with Gasteiger partial charge < -0.3 is 10.6 Å². The molecule has 21 heavy (non-hydrogen) atoms. The summed E-state index contributed by atoms with van der Waals surface area (Å²) < 4.78 is 0. The van der Waals surface area contributed by atoms with Gasteiger partial charge in [0.1, 0.15) is 0 Å². The van der Waals surface area contributed by atoms with Crippen LogP contribution in [0.3, 0.4) is 0 Å². The first kappa shape index (κ1) is 15.8. The zero-order valence-corrected chi connectivity index (χ0v) is 13.5. The minimum Gasteiger partial charge on any atom is -0.355 e. The summed E-state index contributed by atoms with van der Waals surface area (Å²) in [5.41, 5.74) is 1.27. The lowest BCUT2D eigenvalue weighted by molar-refractivity contribution is 0.267. The molecule has 2 rings (SSSR count). The molecule has 0 radical (unpaired) electrons. The summed E-state index contributed by atoms with van der Waals surface area (Å²) in [6.07, 6.45) is 2.60. The summed E-state index contributed by atoms with van der Waals surface area (Å²) in [6.45, 7) is 7.74. The van der Waals surface area contributed by atoms with E-state index in [9.17, 15) is 0 Å². The van der Waals surface area contributed by atoms with Gasteiger partial charge in [-0.05, 0) is 38.4 Å². The highest BCUT2D eigenvalue weighted by atomic mass is 15.2. The van der Waals surface area contributed by atoms with Crippen molar-refractivity contribution in [1.29, 1.82) is 0 Å². The SMILES string of the molecule is CCN1CCCC1CNC(=NC)NC(C)c1ccccc1. The Labute approximate surface area is 128 Å². The molecule has 1 aliphatic heterocycles. The van der Waals surface area contributed by atoms with Crippen molar-refractivity contribution >= 4 is 5.96 Å². The van der Waals surface area contributed by atoms with E-state index in [4.69, 9.17) is 0 Å². The highest BCUT2D eigenvalue weighted by Gasteiger charge is 2.22. The molecule has 0 aromatic heterocycles. The molecule has 0 saturated carbocycles. The fourth-order valence-corrected chi connectivity index (χ4v) is 2.98. The van der Waals surface area contributed by atoms with Gasteiger partial charge in [0, 0.05) is 19.6 Å². The van der Waals surface area contributed by atoms with Gasteiger partial charge in [0.25, 0.3) is 0 Å². The first-order chi connectivity index (χ1) is 10.2. The number of hydrogen-bond acceptors (Lipinski definition) is 2. The molecule has 1 fully saturated rings. The van der Waals surface area contributed by atoms with Gasteiger partial charge in [0.05, 0.1) is 6.04 Å². The fourth-order valence-electron chi connectivity index (χ4n) is 2.98. The highest BCUT2D eigenvalue weighted by molar-refractivity contribution is 5.80. The number of nitrogens with one attached hydrogen (secondary N) is 2. The van der Waals surface area contributed by atoms with Crippen molar-refractivity contribution in [3.05, 3.63) is 35.9 Å². The van der Waals surface area contributed by atoms with Crippen LogP contribution in [0.25, 0.3) is 0 Å². The molecule has 2 atom stereocenters. The number of aliphatic imine (C=N–C) groups is 1. The van der Waals surface area contributed by atoms with Crippen LogP contribution in [0.5, 0.6) is 0 Å². The number of guanidine groups is 1. The normalized spacial score (nSPS) is 21.3. The maximum atomic E-state index is 4.34. The van der Waals surface area contributed by atoms with Gasteiger partial charge in [-0.15, -0.1) is 0 Å². The molecule has 1 saturated heterocycles. The second-order valence-corrected chi connectivity index (χ2v) is 5.65. The van der Waals surface area contributed by atoms with Crippen molar-refractivity contribution < 1.29 is 0 Å². The summed E-state index contributed by atoms with van der Waals surface area (Å²) >= 11 is 0. The summed E-state index contributed by atoms with van der Waals surface area (Å²) in [5, 5.41) is 6.93. The number of hydrogen-bond donors (Lipinski definition) is 2. The molecule has 1 heterocycles. The second kappa shape index (κ2) is 8.03. The maximum absolute atomic E-state index is 4.34. The Morgan fingerprint density at radius 3 is 2.81 bits per heavy atom. The average Bonchev–Trinajstić information content (AvgIpc) is 2.99. The molecule has 116 valence electrons. The Kier molecular flexibility index (Phi) is 6.05.